The van der Waals surface area contributed by atoms with E-state index in [4.69, 9.17) is 21.2 Å². The van der Waals surface area contributed by atoms with E-state index in [-0.39, 0.29) is 33.8 Å². The number of nitriles is 1. The van der Waals surface area contributed by atoms with Gasteiger partial charge in [0.2, 0.25) is 0 Å². The van der Waals surface area contributed by atoms with Gasteiger partial charge in [-0.25, -0.2) is 14.4 Å². The zero-order chi connectivity index (χ0) is 18.0. The third-order valence-corrected chi connectivity index (χ3v) is 3.23. The molecule has 9 heteroatoms. The Hall–Kier alpha value is -3.80. The van der Waals surface area contributed by atoms with Gasteiger partial charge < -0.3 is 25.3 Å². The monoisotopic (exact) mass is 329 g/mol. The van der Waals surface area contributed by atoms with Crippen molar-refractivity contribution < 1.29 is 29.3 Å². The third-order valence-electron chi connectivity index (χ3n) is 3.23. The Balaban J connectivity index is 2.81. The second-order valence-corrected chi connectivity index (χ2v) is 4.66. The lowest BCUT2D eigenvalue weighted by molar-refractivity contribution is 0.0591. The number of aromatic carboxylic acids is 2. The first-order valence-corrected chi connectivity index (χ1v) is 6.41. The molecular formula is C15H11N3O6. The number of hydrogen-bond acceptors (Lipinski definition) is 6. The fourth-order valence-electron chi connectivity index (χ4n) is 2.12. The van der Waals surface area contributed by atoms with Crippen LogP contribution in [0.3, 0.4) is 0 Å². The summed E-state index contributed by atoms with van der Waals surface area (Å²) >= 11 is 0. The minimum absolute atomic E-state index is 0.0343. The Bertz CT molecular complexity index is 874. The van der Waals surface area contributed by atoms with Gasteiger partial charge in [-0.2, -0.15) is 5.26 Å². The van der Waals surface area contributed by atoms with Crippen LogP contribution in [0.1, 0.15) is 36.8 Å². The average Bonchev–Trinajstić information content (AvgIpc) is 2.90. The summed E-state index contributed by atoms with van der Waals surface area (Å²) in [6, 6.07) is 5.08. The number of methoxy groups -OCH3 is 1. The van der Waals surface area contributed by atoms with Gasteiger partial charge in [-0.15, -0.1) is 0 Å². The molecule has 1 heterocycles. The molecular weight excluding hydrogens is 318 g/mol. The summed E-state index contributed by atoms with van der Waals surface area (Å²) in [4.78, 5) is 34.3. The summed E-state index contributed by atoms with van der Waals surface area (Å²) < 4.78 is 5.73. The number of carbonyl (C=O) groups excluding carboxylic acids is 1. The zero-order valence-electron chi connectivity index (χ0n) is 12.3. The van der Waals surface area contributed by atoms with Crippen LogP contribution in [0.25, 0.3) is 5.69 Å². The highest BCUT2D eigenvalue weighted by Crippen LogP contribution is 2.26. The van der Waals surface area contributed by atoms with E-state index in [9.17, 15) is 14.4 Å². The molecule has 0 atom stereocenters. The van der Waals surface area contributed by atoms with Crippen LogP contribution in [0.4, 0.5) is 5.69 Å². The molecule has 0 unspecified atom stereocenters. The summed E-state index contributed by atoms with van der Waals surface area (Å²) in [5.41, 5.74) is 4.80. The number of anilines is 1. The zero-order valence-corrected chi connectivity index (χ0v) is 12.3. The largest absolute Gasteiger partial charge is 0.478 e. The Morgan fingerprint density at radius 1 is 1.17 bits per heavy atom. The van der Waals surface area contributed by atoms with Crippen molar-refractivity contribution in [1.29, 1.82) is 5.26 Å². The average molecular weight is 329 g/mol. The second-order valence-electron chi connectivity index (χ2n) is 4.66. The Morgan fingerprint density at radius 3 is 2.12 bits per heavy atom. The smallest absolute Gasteiger partial charge is 0.357 e. The molecule has 24 heavy (non-hydrogen) atoms. The van der Waals surface area contributed by atoms with Gasteiger partial charge in [0.05, 0.1) is 29.5 Å². The molecule has 122 valence electrons. The Kier molecular flexibility index (Phi) is 4.23. The van der Waals surface area contributed by atoms with Crippen molar-refractivity contribution in [2.24, 2.45) is 0 Å². The maximum absolute atomic E-state index is 11.9. The summed E-state index contributed by atoms with van der Waals surface area (Å²) in [5, 5.41) is 27.3. The van der Waals surface area contributed by atoms with Crippen LogP contribution in [-0.4, -0.2) is 39.8 Å². The molecule has 2 aromatic rings. The number of nitrogens with two attached hydrogens (primary N) is 1. The Labute approximate surface area is 135 Å². The number of carbonyl (C=O) groups is 3. The molecule has 0 spiro atoms. The lowest BCUT2D eigenvalue weighted by Crippen LogP contribution is -2.12. The summed E-state index contributed by atoms with van der Waals surface area (Å²) in [6.07, 6.45) is 1.20. The lowest BCUT2D eigenvalue weighted by Gasteiger charge is -2.10. The van der Waals surface area contributed by atoms with Crippen molar-refractivity contribution in [3.05, 3.63) is 46.8 Å². The first-order chi connectivity index (χ1) is 11.3. The number of esters is 1. The maximum Gasteiger partial charge on any atom is 0.357 e. The molecule has 0 aliphatic rings. The molecule has 0 amide bonds. The highest BCUT2D eigenvalue weighted by molar-refractivity contribution is 5.97. The quantitative estimate of drug-likeness (QED) is 0.704. The predicted octanol–water partition coefficient (Wildman–Crippen LogP) is 1.11. The summed E-state index contributed by atoms with van der Waals surface area (Å²) in [7, 11) is 1.11. The molecule has 1 aromatic heterocycles. The maximum atomic E-state index is 11.9. The topological polar surface area (TPSA) is 156 Å². The van der Waals surface area contributed by atoms with Crippen molar-refractivity contribution in [2.45, 2.75) is 0 Å². The van der Waals surface area contributed by atoms with Gasteiger partial charge in [-0.05, 0) is 18.2 Å². The molecule has 9 nitrogen and oxygen atoms in total. The van der Waals surface area contributed by atoms with Gasteiger partial charge in [-0.3, -0.25) is 0 Å². The van der Waals surface area contributed by atoms with E-state index in [2.05, 4.69) is 4.74 Å². The normalized spacial score (nSPS) is 10.0. The minimum atomic E-state index is -1.35. The molecule has 0 aliphatic heterocycles. The van der Waals surface area contributed by atoms with Gasteiger partial charge in [0.1, 0.15) is 6.07 Å². The highest BCUT2D eigenvalue weighted by Gasteiger charge is 2.23. The molecule has 0 saturated heterocycles. The molecule has 2 rings (SSSR count). The van der Waals surface area contributed by atoms with Crippen molar-refractivity contribution in [2.75, 3.05) is 12.8 Å². The number of nitrogen functional groups attached to an aromatic ring is 1. The van der Waals surface area contributed by atoms with E-state index in [0.29, 0.717) is 0 Å². The first-order valence-electron chi connectivity index (χ1n) is 6.41. The van der Waals surface area contributed by atoms with Crippen LogP contribution >= 0.6 is 0 Å². The van der Waals surface area contributed by atoms with Crippen LogP contribution in [0.15, 0.2) is 24.4 Å². The number of benzene rings is 1. The number of rotatable bonds is 4. The van der Waals surface area contributed by atoms with Gasteiger partial charge in [0, 0.05) is 11.9 Å². The summed E-state index contributed by atoms with van der Waals surface area (Å²) in [5.74, 6) is -3.55. The number of aromatic nitrogens is 1. The predicted molar refractivity (Wildman–Crippen MR) is 80.2 cm³/mol. The third kappa shape index (κ3) is 2.76. The molecule has 0 bridgehead atoms. The van der Waals surface area contributed by atoms with Crippen molar-refractivity contribution in [1.82, 2.24) is 4.57 Å². The number of ether oxygens (including phenoxy) is 1. The van der Waals surface area contributed by atoms with Crippen LogP contribution in [0.5, 0.6) is 0 Å². The molecule has 0 fully saturated rings. The molecule has 0 radical (unpaired) electrons. The van der Waals surface area contributed by atoms with Crippen molar-refractivity contribution in [3.8, 4) is 11.8 Å². The van der Waals surface area contributed by atoms with Crippen LogP contribution in [0.2, 0.25) is 0 Å². The van der Waals surface area contributed by atoms with E-state index >= 15 is 0 Å². The number of carboxylic acids is 2. The molecule has 1 aromatic carbocycles. The minimum Gasteiger partial charge on any atom is -0.478 e. The lowest BCUT2D eigenvalue weighted by atomic mass is 10.1. The van der Waals surface area contributed by atoms with E-state index in [1.165, 1.54) is 6.20 Å². The molecule has 0 aliphatic carbocycles. The first kappa shape index (κ1) is 16.6. The summed E-state index contributed by atoms with van der Waals surface area (Å²) in [6.45, 7) is 0. The van der Waals surface area contributed by atoms with Gasteiger partial charge in [0.15, 0.2) is 5.69 Å². The fourth-order valence-corrected chi connectivity index (χ4v) is 2.12. The van der Waals surface area contributed by atoms with Crippen LogP contribution in [-0.2, 0) is 4.74 Å². The number of hydrogen-bond donors (Lipinski definition) is 3. The van der Waals surface area contributed by atoms with Crippen LogP contribution < -0.4 is 5.73 Å². The van der Waals surface area contributed by atoms with E-state index in [0.717, 1.165) is 29.9 Å². The van der Waals surface area contributed by atoms with E-state index in [1.54, 1.807) is 6.07 Å². The van der Waals surface area contributed by atoms with Gasteiger partial charge >= 0.3 is 17.9 Å². The Morgan fingerprint density at radius 2 is 1.71 bits per heavy atom. The van der Waals surface area contributed by atoms with Crippen molar-refractivity contribution in [3.63, 3.8) is 0 Å². The van der Waals surface area contributed by atoms with Crippen LogP contribution in [0, 0.1) is 11.3 Å². The molecule has 0 saturated carbocycles. The standard InChI is InChI=1S/C15H11N3O6/c1-24-15(23)12-11(17)9(5-16)6-18(12)10-3-7(13(19)20)2-8(4-10)14(21)22/h2-4,6H,17H2,1H3,(H,19,20)(H,21,22). The highest BCUT2D eigenvalue weighted by atomic mass is 16.5. The van der Waals surface area contributed by atoms with E-state index < -0.39 is 17.9 Å². The second kappa shape index (κ2) is 6.13. The number of nitrogens with zero attached hydrogens (tertiary/aromatic N) is 2. The van der Waals surface area contributed by atoms with Crippen molar-refractivity contribution >= 4 is 23.6 Å². The van der Waals surface area contributed by atoms with Gasteiger partial charge in [-0.1, -0.05) is 0 Å². The number of carboxylic acid groups (broad SMARTS) is 2. The SMILES string of the molecule is COC(=O)c1c(N)c(C#N)cn1-c1cc(C(=O)O)cc(C(=O)O)c1. The molecule has 4 N–H and O–H groups in total. The fraction of sp³-hybridized carbons (Fsp3) is 0.0667. The van der Waals surface area contributed by atoms with E-state index in [1.807, 2.05) is 0 Å². The van der Waals surface area contributed by atoms with Gasteiger partial charge in [0.25, 0.3) is 0 Å².